The van der Waals surface area contributed by atoms with Gasteiger partial charge in [0.15, 0.2) is 0 Å². The van der Waals surface area contributed by atoms with Gasteiger partial charge in [-0.3, -0.25) is 4.98 Å². The Morgan fingerprint density at radius 2 is 2.14 bits per heavy atom. The van der Waals surface area contributed by atoms with Crippen LogP contribution in [0.1, 0.15) is 21.7 Å². The Hall–Kier alpha value is -2.82. The van der Waals surface area contributed by atoms with E-state index in [4.69, 9.17) is 9.47 Å². The van der Waals surface area contributed by atoms with Crippen LogP contribution in [0.5, 0.6) is 5.75 Å². The molecule has 3 heterocycles. The fourth-order valence-electron chi connectivity index (χ4n) is 2.37. The highest BCUT2D eigenvalue weighted by atomic mass is 16.5. The van der Waals surface area contributed by atoms with Crippen LogP contribution in [0.2, 0.25) is 0 Å². The molecule has 0 amide bonds. The molecule has 0 saturated heterocycles. The molecule has 0 unspecified atom stereocenters. The molecule has 0 N–H and O–H groups in total. The molecule has 0 aliphatic heterocycles. The van der Waals surface area contributed by atoms with Gasteiger partial charge in [-0.25, -0.2) is 4.79 Å². The molecule has 0 spiro atoms. The molecule has 5 heteroatoms. The second-order valence-electron chi connectivity index (χ2n) is 4.94. The van der Waals surface area contributed by atoms with Crippen LogP contribution < -0.4 is 4.74 Å². The minimum absolute atomic E-state index is 0.362. The van der Waals surface area contributed by atoms with E-state index in [1.54, 1.807) is 16.8 Å². The number of aryl methyl sites for hydroxylation is 1. The highest BCUT2D eigenvalue weighted by Crippen LogP contribution is 2.21. The van der Waals surface area contributed by atoms with E-state index in [1.807, 2.05) is 43.3 Å². The summed E-state index contributed by atoms with van der Waals surface area (Å²) in [7, 11) is 1.38. The molecule has 0 aliphatic carbocycles. The number of nitrogens with zero attached hydrogens (tertiary/aromatic N) is 2. The van der Waals surface area contributed by atoms with Gasteiger partial charge in [-0.15, -0.1) is 0 Å². The minimum atomic E-state index is -0.362. The lowest BCUT2D eigenvalue weighted by molar-refractivity contribution is 0.0592. The van der Waals surface area contributed by atoms with E-state index >= 15 is 0 Å². The van der Waals surface area contributed by atoms with E-state index in [9.17, 15) is 4.79 Å². The number of methoxy groups -OCH3 is 1. The van der Waals surface area contributed by atoms with Crippen LogP contribution in [0.25, 0.3) is 5.52 Å². The van der Waals surface area contributed by atoms with Gasteiger partial charge in [0.25, 0.3) is 0 Å². The number of ether oxygens (including phenoxy) is 2. The Kier molecular flexibility index (Phi) is 3.78. The molecule has 5 nitrogen and oxygen atoms in total. The fraction of sp³-hybridized carbons (Fsp3) is 0.176. The van der Waals surface area contributed by atoms with Crippen molar-refractivity contribution in [1.29, 1.82) is 0 Å². The van der Waals surface area contributed by atoms with Crippen molar-refractivity contribution in [3.63, 3.8) is 0 Å². The van der Waals surface area contributed by atoms with Gasteiger partial charge >= 0.3 is 5.97 Å². The van der Waals surface area contributed by atoms with Gasteiger partial charge < -0.3 is 13.9 Å². The molecule has 3 rings (SSSR count). The van der Waals surface area contributed by atoms with Crippen molar-refractivity contribution >= 4 is 11.5 Å². The van der Waals surface area contributed by atoms with Gasteiger partial charge in [0, 0.05) is 11.7 Å². The molecule has 0 saturated carbocycles. The van der Waals surface area contributed by atoms with Crippen molar-refractivity contribution in [1.82, 2.24) is 9.38 Å². The fourth-order valence-corrected chi connectivity index (χ4v) is 2.37. The van der Waals surface area contributed by atoms with E-state index in [0.717, 1.165) is 16.8 Å². The number of rotatable bonds is 4. The summed E-state index contributed by atoms with van der Waals surface area (Å²) in [6.45, 7) is 2.26. The number of aromatic nitrogens is 2. The first kappa shape index (κ1) is 14.1. The minimum Gasteiger partial charge on any atom is -0.486 e. The van der Waals surface area contributed by atoms with Crippen molar-refractivity contribution in [2.45, 2.75) is 13.5 Å². The summed E-state index contributed by atoms with van der Waals surface area (Å²) in [5, 5.41) is 0. The van der Waals surface area contributed by atoms with Crippen LogP contribution in [-0.2, 0) is 11.3 Å². The van der Waals surface area contributed by atoms with Crippen molar-refractivity contribution in [2.24, 2.45) is 0 Å². The first-order valence-corrected chi connectivity index (χ1v) is 6.92. The highest BCUT2D eigenvalue weighted by molar-refractivity contribution is 5.91. The van der Waals surface area contributed by atoms with Gasteiger partial charge in [-0.2, -0.15) is 0 Å². The molecular formula is C17H16N2O3. The summed E-state index contributed by atoms with van der Waals surface area (Å²) in [6.07, 6.45) is 3.52. The van der Waals surface area contributed by atoms with Crippen LogP contribution in [0, 0.1) is 6.92 Å². The maximum atomic E-state index is 11.9. The monoisotopic (exact) mass is 296 g/mol. The molecule has 0 radical (unpaired) electrons. The Morgan fingerprint density at radius 3 is 2.86 bits per heavy atom. The number of fused-ring (bicyclic) bond motifs is 1. The smallest absolute Gasteiger partial charge is 0.355 e. The largest absolute Gasteiger partial charge is 0.486 e. The zero-order valence-corrected chi connectivity index (χ0v) is 12.4. The highest BCUT2D eigenvalue weighted by Gasteiger charge is 2.15. The molecular weight excluding hydrogens is 280 g/mol. The third kappa shape index (κ3) is 2.65. The van der Waals surface area contributed by atoms with Gasteiger partial charge in [0.05, 0.1) is 19.0 Å². The molecule has 0 aliphatic rings. The topological polar surface area (TPSA) is 52.8 Å². The standard InChI is InChI=1S/C17H16N2O3/c1-12-9-14-6-7-15(10-19(14)16(12)17(20)21-2)22-11-13-5-3-4-8-18-13/h3-10H,11H2,1-2H3. The molecule has 3 aromatic rings. The van der Waals surface area contributed by atoms with Crippen molar-refractivity contribution in [3.8, 4) is 5.75 Å². The van der Waals surface area contributed by atoms with E-state index in [0.29, 0.717) is 18.1 Å². The van der Waals surface area contributed by atoms with E-state index < -0.39 is 0 Å². The van der Waals surface area contributed by atoms with E-state index in [1.165, 1.54) is 7.11 Å². The Balaban J connectivity index is 1.90. The quantitative estimate of drug-likeness (QED) is 0.694. The number of carbonyl (C=O) groups excluding carboxylic acids is 1. The summed E-state index contributed by atoms with van der Waals surface area (Å²) in [6, 6.07) is 11.4. The molecule has 112 valence electrons. The summed E-state index contributed by atoms with van der Waals surface area (Å²) in [5.74, 6) is 0.304. The van der Waals surface area contributed by atoms with Gasteiger partial charge in [-0.1, -0.05) is 6.07 Å². The third-order valence-electron chi connectivity index (χ3n) is 3.42. The predicted molar refractivity (Wildman–Crippen MR) is 82.0 cm³/mol. The maximum Gasteiger partial charge on any atom is 0.355 e. The molecule has 0 fully saturated rings. The second kappa shape index (κ2) is 5.89. The van der Waals surface area contributed by atoms with Gasteiger partial charge in [0.2, 0.25) is 0 Å². The van der Waals surface area contributed by atoms with Crippen LogP contribution in [0.4, 0.5) is 0 Å². The number of hydrogen-bond donors (Lipinski definition) is 0. The summed E-state index contributed by atoms with van der Waals surface area (Å²) < 4.78 is 12.4. The van der Waals surface area contributed by atoms with Crippen molar-refractivity contribution in [3.05, 3.63) is 65.7 Å². The first-order chi connectivity index (χ1) is 10.7. The summed E-state index contributed by atoms with van der Waals surface area (Å²) >= 11 is 0. The average Bonchev–Trinajstić information content (AvgIpc) is 2.88. The van der Waals surface area contributed by atoms with Crippen LogP contribution in [-0.4, -0.2) is 22.5 Å². The molecule has 0 atom stereocenters. The Labute approximate surface area is 128 Å². The molecule has 3 aromatic heterocycles. The van der Waals surface area contributed by atoms with Crippen LogP contribution in [0.3, 0.4) is 0 Å². The lowest BCUT2D eigenvalue weighted by Crippen LogP contribution is -2.07. The summed E-state index contributed by atoms with van der Waals surface area (Å²) in [4.78, 5) is 16.1. The molecule has 0 aromatic carbocycles. The van der Waals surface area contributed by atoms with Crippen molar-refractivity contribution in [2.75, 3.05) is 7.11 Å². The lowest BCUT2D eigenvalue weighted by atomic mass is 10.3. The first-order valence-electron chi connectivity index (χ1n) is 6.92. The van der Waals surface area contributed by atoms with Crippen LogP contribution >= 0.6 is 0 Å². The second-order valence-corrected chi connectivity index (χ2v) is 4.94. The van der Waals surface area contributed by atoms with Gasteiger partial charge in [-0.05, 0) is 42.8 Å². The predicted octanol–water partition coefficient (Wildman–Crippen LogP) is 3.01. The normalized spacial score (nSPS) is 10.6. The molecule has 0 bridgehead atoms. The van der Waals surface area contributed by atoms with Crippen LogP contribution in [0.15, 0.2) is 48.8 Å². The number of esters is 1. The van der Waals surface area contributed by atoms with Gasteiger partial charge in [0.1, 0.15) is 18.1 Å². The third-order valence-corrected chi connectivity index (χ3v) is 3.42. The Morgan fingerprint density at radius 1 is 1.27 bits per heavy atom. The zero-order valence-electron chi connectivity index (χ0n) is 12.4. The van der Waals surface area contributed by atoms with E-state index in [2.05, 4.69) is 4.98 Å². The Bertz CT molecular complexity index is 809. The molecule has 22 heavy (non-hydrogen) atoms. The lowest BCUT2D eigenvalue weighted by Gasteiger charge is -2.08. The number of hydrogen-bond acceptors (Lipinski definition) is 4. The van der Waals surface area contributed by atoms with E-state index in [-0.39, 0.29) is 5.97 Å². The zero-order chi connectivity index (χ0) is 15.5. The average molecular weight is 296 g/mol. The number of pyridine rings is 2. The SMILES string of the molecule is COC(=O)c1c(C)cc2ccc(OCc3ccccn3)cn12. The van der Waals surface area contributed by atoms with Crippen molar-refractivity contribution < 1.29 is 14.3 Å². The summed E-state index contributed by atoms with van der Waals surface area (Å²) in [5.41, 5.74) is 3.15. The number of carbonyl (C=O) groups is 1. The maximum absolute atomic E-state index is 11.9.